The van der Waals surface area contributed by atoms with Crippen LogP contribution in [0.1, 0.15) is 32.6 Å². The van der Waals surface area contributed by atoms with E-state index < -0.39 is 10.2 Å². The highest BCUT2D eigenvalue weighted by Crippen LogP contribution is 2.27. The van der Waals surface area contributed by atoms with Gasteiger partial charge in [-0.3, -0.25) is 4.72 Å². The van der Waals surface area contributed by atoms with Crippen molar-refractivity contribution in [3.63, 3.8) is 0 Å². The lowest BCUT2D eigenvalue weighted by Crippen LogP contribution is -2.26. The van der Waals surface area contributed by atoms with Gasteiger partial charge in [-0.1, -0.05) is 25.8 Å². The van der Waals surface area contributed by atoms with E-state index in [1.807, 2.05) is 12.1 Å². The first-order valence-corrected chi connectivity index (χ1v) is 8.14. The maximum atomic E-state index is 11.0. The molecule has 6 heteroatoms. The molecule has 2 atom stereocenters. The van der Waals surface area contributed by atoms with Crippen LogP contribution in [0.4, 0.5) is 11.4 Å². The molecule has 0 spiro atoms. The van der Waals surface area contributed by atoms with Crippen LogP contribution in [0.25, 0.3) is 0 Å². The van der Waals surface area contributed by atoms with Crippen LogP contribution < -0.4 is 15.2 Å². The van der Waals surface area contributed by atoms with Crippen LogP contribution in [-0.4, -0.2) is 14.5 Å². The fourth-order valence-corrected chi connectivity index (χ4v) is 3.09. The molecule has 0 bridgehead atoms. The summed E-state index contributed by atoms with van der Waals surface area (Å²) >= 11 is 0. The molecule has 1 aromatic rings. The zero-order chi connectivity index (χ0) is 13.9. The second-order valence-corrected chi connectivity index (χ2v) is 6.64. The molecule has 0 heterocycles. The number of benzene rings is 1. The van der Waals surface area contributed by atoms with E-state index in [0.717, 1.165) is 24.4 Å². The molecule has 1 aliphatic carbocycles. The molecule has 0 amide bonds. The molecule has 1 saturated carbocycles. The van der Waals surface area contributed by atoms with Gasteiger partial charge in [-0.15, -0.1) is 0 Å². The molecule has 4 N–H and O–H groups in total. The number of rotatable bonds is 4. The maximum Gasteiger partial charge on any atom is 0.296 e. The fraction of sp³-hybridized carbons (Fsp3) is 0.538. The third-order valence-electron chi connectivity index (χ3n) is 3.43. The zero-order valence-corrected chi connectivity index (χ0v) is 11.9. The first kappa shape index (κ1) is 14.1. The van der Waals surface area contributed by atoms with E-state index in [1.54, 1.807) is 12.1 Å². The van der Waals surface area contributed by atoms with Crippen LogP contribution in [0.2, 0.25) is 0 Å². The predicted octanol–water partition coefficient (Wildman–Crippen LogP) is 2.29. The molecule has 2 rings (SSSR count). The standard InChI is InChI=1S/C13H21N3O2S/c1-10-4-2-5-11(8-10)15-12-6-3-7-13(9-12)16-19(14,17)18/h3,6-7,9-11,15-16H,2,4-5,8H2,1H3,(H2,14,17,18). The van der Waals surface area contributed by atoms with Crippen LogP contribution in [0.5, 0.6) is 0 Å². The van der Waals surface area contributed by atoms with E-state index in [-0.39, 0.29) is 0 Å². The molecule has 1 aliphatic rings. The second kappa shape index (κ2) is 5.79. The van der Waals surface area contributed by atoms with E-state index in [1.165, 1.54) is 12.8 Å². The van der Waals surface area contributed by atoms with E-state index >= 15 is 0 Å². The van der Waals surface area contributed by atoms with Gasteiger partial charge in [0.15, 0.2) is 0 Å². The van der Waals surface area contributed by atoms with Gasteiger partial charge < -0.3 is 5.32 Å². The zero-order valence-electron chi connectivity index (χ0n) is 11.1. The second-order valence-electron chi connectivity index (χ2n) is 5.34. The van der Waals surface area contributed by atoms with Gasteiger partial charge in [0.25, 0.3) is 10.2 Å². The Morgan fingerprint density at radius 1 is 1.26 bits per heavy atom. The molecule has 0 radical (unpaired) electrons. The van der Waals surface area contributed by atoms with Crippen molar-refractivity contribution in [3.8, 4) is 0 Å². The summed E-state index contributed by atoms with van der Waals surface area (Å²) in [5.74, 6) is 0.747. The summed E-state index contributed by atoms with van der Waals surface area (Å²) in [5.41, 5.74) is 1.41. The van der Waals surface area contributed by atoms with Gasteiger partial charge in [-0.05, 0) is 37.0 Å². The summed E-state index contributed by atoms with van der Waals surface area (Å²) in [4.78, 5) is 0. The molecule has 2 unspecified atom stereocenters. The maximum absolute atomic E-state index is 11.0. The molecule has 5 nitrogen and oxygen atoms in total. The van der Waals surface area contributed by atoms with Crippen LogP contribution in [0, 0.1) is 5.92 Å². The highest BCUT2D eigenvalue weighted by Gasteiger charge is 2.18. The quantitative estimate of drug-likeness (QED) is 0.792. The first-order chi connectivity index (χ1) is 8.92. The molecule has 0 aliphatic heterocycles. The Kier molecular flexibility index (Phi) is 4.31. The highest BCUT2D eigenvalue weighted by molar-refractivity contribution is 7.90. The normalized spacial score (nSPS) is 23.9. The van der Waals surface area contributed by atoms with E-state index in [0.29, 0.717) is 11.7 Å². The topological polar surface area (TPSA) is 84.2 Å². The summed E-state index contributed by atoms with van der Waals surface area (Å²) in [6.45, 7) is 2.27. The van der Waals surface area contributed by atoms with Crippen LogP contribution in [0.3, 0.4) is 0 Å². The van der Waals surface area contributed by atoms with Gasteiger partial charge in [-0.25, -0.2) is 5.14 Å². The van der Waals surface area contributed by atoms with Gasteiger partial charge in [0.1, 0.15) is 0 Å². The third-order valence-corrected chi connectivity index (χ3v) is 3.95. The van der Waals surface area contributed by atoms with Crippen LogP contribution in [-0.2, 0) is 10.2 Å². The van der Waals surface area contributed by atoms with Gasteiger partial charge in [0, 0.05) is 11.7 Å². The Balaban J connectivity index is 2.02. The Morgan fingerprint density at radius 2 is 2.00 bits per heavy atom. The van der Waals surface area contributed by atoms with Crippen molar-refractivity contribution >= 4 is 21.6 Å². The molecule has 1 fully saturated rings. The molecule has 1 aromatic carbocycles. The van der Waals surface area contributed by atoms with Crippen molar-refractivity contribution in [2.45, 2.75) is 38.6 Å². The average Bonchev–Trinajstić information content (AvgIpc) is 2.27. The molecule has 0 aromatic heterocycles. The summed E-state index contributed by atoms with van der Waals surface area (Å²) in [7, 11) is -3.71. The highest BCUT2D eigenvalue weighted by atomic mass is 32.2. The fourth-order valence-electron chi connectivity index (χ4n) is 2.64. The van der Waals surface area contributed by atoms with E-state index in [4.69, 9.17) is 5.14 Å². The lowest BCUT2D eigenvalue weighted by atomic mass is 9.87. The monoisotopic (exact) mass is 283 g/mol. The van der Waals surface area contributed by atoms with Crippen LogP contribution >= 0.6 is 0 Å². The first-order valence-electron chi connectivity index (χ1n) is 6.59. The molecule has 19 heavy (non-hydrogen) atoms. The smallest absolute Gasteiger partial charge is 0.296 e. The summed E-state index contributed by atoms with van der Waals surface area (Å²) in [6.07, 6.45) is 4.86. The minimum Gasteiger partial charge on any atom is -0.382 e. The van der Waals surface area contributed by atoms with Crippen molar-refractivity contribution in [2.75, 3.05) is 10.0 Å². The van der Waals surface area contributed by atoms with Gasteiger partial charge in [0.05, 0.1) is 5.69 Å². The summed E-state index contributed by atoms with van der Waals surface area (Å²) < 4.78 is 24.3. The Labute approximate surface area is 114 Å². The van der Waals surface area contributed by atoms with Crippen molar-refractivity contribution < 1.29 is 8.42 Å². The third kappa shape index (κ3) is 4.72. The predicted molar refractivity (Wildman–Crippen MR) is 78.2 cm³/mol. The SMILES string of the molecule is CC1CCCC(Nc2cccc(NS(N)(=O)=O)c2)C1. The number of hydrogen-bond acceptors (Lipinski definition) is 3. The summed E-state index contributed by atoms with van der Waals surface area (Å²) in [5, 5.41) is 8.42. The van der Waals surface area contributed by atoms with Crippen molar-refractivity contribution in [3.05, 3.63) is 24.3 Å². The minimum atomic E-state index is -3.71. The molecule has 106 valence electrons. The van der Waals surface area contributed by atoms with Gasteiger partial charge in [0.2, 0.25) is 0 Å². The van der Waals surface area contributed by atoms with Crippen molar-refractivity contribution in [1.82, 2.24) is 0 Å². The number of anilines is 2. The largest absolute Gasteiger partial charge is 0.382 e. The number of hydrogen-bond donors (Lipinski definition) is 3. The van der Waals surface area contributed by atoms with E-state index in [2.05, 4.69) is 17.0 Å². The Hall–Kier alpha value is -1.27. The lowest BCUT2D eigenvalue weighted by molar-refractivity contribution is 0.358. The van der Waals surface area contributed by atoms with Crippen LogP contribution in [0.15, 0.2) is 24.3 Å². The molecular formula is C13H21N3O2S. The van der Waals surface area contributed by atoms with Crippen molar-refractivity contribution in [2.24, 2.45) is 11.1 Å². The summed E-state index contributed by atoms with van der Waals surface area (Å²) in [6, 6.07) is 7.66. The molecule has 0 saturated heterocycles. The van der Waals surface area contributed by atoms with Gasteiger partial charge >= 0.3 is 0 Å². The number of nitrogens with two attached hydrogens (primary N) is 1. The Bertz CT molecular complexity index is 530. The van der Waals surface area contributed by atoms with Crippen molar-refractivity contribution in [1.29, 1.82) is 0 Å². The Morgan fingerprint density at radius 3 is 2.68 bits per heavy atom. The van der Waals surface area contributed by atoms with Gasteiger partial charge in [-0.2, -0.15) is 8.42 Å². The lowest BCUT2D eigenvalue weighted by Gasteiger charge is -2.28. The molecular weight excluding hydrogens is 262 g/mol. The van der Waals surface area contributed by atoms with E-state index in [9.17, 15) is 8.42 Å². The minimum absolute atomic E-state index is 0.466. The average molecular weight is 283 g/mol. The number of nitrogens with one attached hydrogen (secondary N) is 2.